The van der Waals surface area contributed by atoms with Crippen molar-refractivity contribution in [2.45, 2.75) is 70.6 Å². The van der Waals surface area contributed by atoms with E-state index in [9.17, 15) is 24.3 Å². The first-order valence-electron chi connectivity index (χ1n) is 10.4. The Balaban J connectivity index is 2.81. The SMILES string of the molecule is CC(NC(=O)C(CCCN=C(N)N)NC(=O)C(N)C(C)C)C(=O)N1CCCC1C(=O)O. The van der Waals surface area contributed by atoms with Crippen LogP contribution in [-0.4, -0.2) is 76.9 Å². The maximum atomic E-state index is 12.8. The zero-order chi connectivity index (χ0) is 23.7. The van der Waals surface area contributed by atoms with Crippen molar-refractivity contribution in [3.8, 4) is 0 Å². The van der Waals surface area contributed by atoms with Crippen LogP contribution >= 0.6 is 0 Å². The summed E-state index contributed by atoms with van der Waals surface area (Å²) in [5, 5.41) is 14.5. The van der Waals surface area contributed by atoms with E-state index < -0.39 is 47.9 Å². The number of carboxylic acid groups (broad SMARTS) is 1. The number of likely N-dealkylation sites (tertiary alicyclic amines) is 1. The van der Waals surface area contributed by atoms with E-state index in [0.29, 0.717) is 25.8 Å². The first kappa shape index (κ1) is 26.1. The molecule has 0 aromatic rings. The highest BCUT2D eigenvalue weighted by molar-refractivity contribution is 5.94. The smallest absolute Gasteiger partial charge is 0.326 e. The predicted octanol–water partition coefficient (Wildman–Crippen LogP) is -1.91. The Bertz CT molecular complexity index is 693. The minimum absolute atomic E-state index is 0.0790. The van der Waals surface area contributed by atoms with Gasteiger partial charge in [-0.25, -0.2) is 4.79 Å². The summed E-state index contributed by atoms with van der Waals surface area (Å²) >= 11 is 0. The average molecular weight is 442 g/mol. The number of nitrogens with zero attached hydrogens (tertiary/aromatic N) is 2. The minimum Gasteiger partial charge on any atom is -0.480 e. The molecule has 0 aromatic heterocycles. The van der Waals surface area contributed by atoms with Crippen LogP contribution in [0.4, 0.5) is 0 Å². The number of carbonyl (C=O) groups excluding carboxylic acids is 3. The van der Waals surface area contributed by atoms with E-state index in [2.05, 4.69) is 15.6 Å². The van der Waals surface area contributed by atoms with Crippen molar-refractivity contribution >= 4 is 29.7 Å². The number of guanidine groups is 1. The predicted molar refractivity (Wildman–Crippen MR) is 115 cm³/mol. The van der Waals surface area contributed by atoms with Crippen LogP contribution in [0.15, 0.2) is 4.99 Å². The molecule has 0 aromatic carbocycles. The average Bonchev–Trinajstić information content (AvgIpc) is 3.18. The van der Waals surface area contributed by atoms with Crippen molar-refractivity contribution in [1.82, 2.24) is 15.5 Å². The molecule has 0 saturated carbocycles. The second kappa shape index (κ2) is 12.1. The van der Waals surface area contributed by atoms with E-state index in [4.69, 9.17) is 17.2 Å². The fraction of sp³-hybridized carbons (Fsp3) is 0.737. The third-order valence-electron chi connectivity index (χ3n) is 5.15. The van der Waals surface area contributed by atoms with Crippen molar-refractivity contribution < 1.29 is 24.3 Å². The number of amides is 3. The molecule has 12 nitrogen and oxygen atoms in total. The van der Waals surface area contributed by atoms with Crippen molar-refractivity contribution in [3.63, 3.8) is 0 Å². The van der Waals surface area contributed by atoms with Crippen molar-refractivity contribution in [3.05, 3.63) is 0 Å². The fourth-order valence-corrected chi connectivity index (χ4v) is 3.25. The Hall–Kier alpha value is -2.89. The number of aliphatic carboxylic acids is 1. The molecule has 1 saturated heterocycles. The van der Waals surface area contributed by atoms with Gasteiger partial charge in [0.25, 0.3) is 0 Å². The van der Waals surface area contributed by atoms with Gasteiger partial charge in [-0.2, -0.15) is 0 Å². The van der Waals surface area contributed by atoms with Crippen LogP contribution in [0.3, 0.4) is 0 Å². The highest BCUT2D eigenvalue weighted by Crippen LogP contribution is 2.18. The van der Waals surface area contributed by atoms with Gasteiger partial charge in [0.15, 0.2) is 5.96 Å². The summed E-state index contributed by atoms with van der Waals surface area (Å²) in [5.74, 6) is -2.82. The van der Waals surface area contributed by atoms with E-state index >= 15 is 0 Å². The molecule has 1 heterocycles. The first-order valence-corrected chi connectivity index (χ1v) is 10.4. The minimum atomic E-state index is -1.07. The fourth-order valence-electron chi connectivity index (χ4n) is 3.25. The largest absolute Gasteiger partial charge is 0.480 e. The zero-order valence-corrected chi connectivity index (χ0v) is 18.3. The maximum Gasteiger partial charge on any atom is 0.326 e. The van der Waals surface area contributed by atoms with Crippen LogP contribution in [0, 0.1) is 5.92 Å². The number of hydrogen-bond acceptors (Lipinski definition) is 6. The highest BCUT2D eigenvalue weighted by atomic mass is 16.4. The van der Waals surface area contributed by atoms with Crippen LogP contribution in [0.5, 0.6) is 0 Å². The zero-order valence-electron chi connectivity index (χ0n) is 18.3. The monoisotopic (exact) mass is 441 g/mol. The molecular formula is C19H35N7O5. The van der Waals surface area contributed by atoms with Crippen LogP contribution in [0.1, 0.15) is 46.5 Å². The van der Waals surface area contributed by atoms with Gasteiger partial charge in [-0.3, -0.25) is 19.4 Å². The standard InChI is InChI=1S/C19H35N7O5/c1-10(2)14(20)16(28)25-12(6-4-8-23-19(21)22)15(27)24-11(3)17(29)26-9-5-7-13(26)18(30)31/h10-14H,4-9,20H2,1-3H3,(H,24,27)(H,25,28)(H,30,31)(H4,21,22,23). The summed E-state index contributed by atoms with van der Waals surface area (Å²) in [6.45, 7) is 5.63. The van der Waals surface area contributed by atoms with Crippen LogP contribution < -0.4 is 27.8 Å². The summed E-state index contributed by atoms with van der Waals surface area (Å²) in [6, 6.07) is -3.60. The molecule has 3 amide bonds. The lowest BCUT2D eigenvalue weighted by atomic mass is 10.0. The number of nitrogens with two attached hydrogens (primary N) is 3. The first-order chi connectivity index (χ1) is 14.5. The molecule has 1 rings (SSSR count). The van der Waals surface area contributed by atoms with Gasteiger partial charge >= 0.3 is 5.97 Å². The van der Waals surface area contributed by atoms with Gasteiger partial charge in [-0.05, 0) is 38.5 Å². The second-order valence-electron chi connectivity index (χ2n) is 8.04. The second-order valence-corrected chi connectivity index (χ2v) is 8.04. The Morgan fingerprint density at radius 2 is 1.77 bits per heavy atom. The molecule has 9 N–H and O–H groups in total. The third-order valence-corrected chi connectivity index (χ3v) is 5.15. The summed E-state index contributed by atoms with van der Waals surface area (Å²) in [4.78, 5) is 54.3. The van der Waals surface area contributed by atoms with Gasteiger partial charge in [-0.15, -0.1) is 0 Å². The van der Waals surface area contributed by atoms with E-state index in [1.54, 1.807) is 13.8 Å². The Morgan fingerprint density at radius 1 is 1.13 bits per heavy atom. The number of nitrogens with one attached hydrogen (secondary N) is 2. The van der Waals surface area contributed by atoms with Crippen LogP contribution in [-0.2, 0) is 19.2 Å². The van der Waals surface area contributed by atoms with Gasteiger partial charge in [-0.1, -0.05) is 13.8 Å². The van der Waals surface area contributed by atoms with Gasteiger partial charge in [0, 0.05) is 13.1 Å². The van der Waals surface area contributed by atoms with Crippen LogP contribution in [0.25, 0.3) is 0 Å². The maximum absolute atomic E-state index is 12.8. The Kier molecular flexibility index (Phi) is 10.2. The number of carbonyl (C=O) groups is 4. The molecule has 4 atom stereocenters. The van der Waals surface area contributed by atoms with Gasteiger partial charge in [0.05, 0.1) is 6.04 Å². The molecule has 0 aliphatic carbocycles. The normalized spacial score (nSPS) is 18.7. The van der Waals surface area contributed by atoms with E-state index in [1.807, 2.05) is 0 Å². The molecule has 1 aliphatic rings. The van der Waals surface area contributed by atoms with E-state index in [-0.39, 0.29) is 24.8 Å². The molecule has 0 spiro atoms. The van der Waals surface area contributed by atoms with Crippen molar-refractivity contribution in [2.24, 2.45) is 28.1 Å². The number of hydrogen-bond donors (Lipinski definition) is 6. The van der Waals surface area contributed by atoms with Crippen molar-refractivity contribution in [2.75, 3.05) is 13.1 Å². The highest BCUT2D eigenvalue weighted by Gasteiger charge is 2.37. The van der Waals surface area contributed by atoms with Gasteiger partial charge < -0.3 is 37.8 Å². The Morgan fingerprint density at radius 3 is 2.32 bits per heavy atom. The lowest BCUT2D eigenvalue weighted by molar-refractivity contribution is -0.149. The lowest BCUT2D eigenvalue weighted by Gasteiger charge is -2.27. The quantitative estimate of drug-likeness (QED) is 0.121. The molecule has 0 radical (unpaired) electrons. The number of aliphatic imine (C=N–C) groups is 1. The van der Waals surface area contributed by atoms with Crippen molar-refractivity contribution in [1.29, 1.82) is 0 Å². The summed E-state index contributed by atoms with van der Waals surface area (Å²) in [7, 11) is 0. The molecule has 176 valence electrons. The summed E-state index contributed by atoms with van der Waals surface area (Å²) in [6.07, 6.45) is 1.59. The van der Waals surface area contributed by atoms with Crippen LogP contribution in [0.2, 0.25) is 0 Å². The molecule has 1 aliphatic heterocycles. The Labute approximate surface area is 182 Å². The van der Waals surface area contributed by atoms with E-state index in [1.165, 1.54) is 11.8 Å². The van der Waals surface area contributed by atoms with Gasteiger partial charge in [0.1, 0.15) is 18.1 Å². The molecule has 12 heteroatoms. The number of rotatable bonds is 11. The molecule has 31 heavy (non-hydrogen) atoms. The topological polar surface area (TPSA) is 206 Å². The third kappa shape index (κ3) is 8.04. The molecule has 4 unspecified atom stereocenters. The summed E-state index contributed by atoms with van der Waals surface area (Å²) in [5.41, 5.74) is 16.4. The number of carboxylic acids is 1. The summed E-state index contributed by atoms with van der Waals surface area (Å²) < 4.78 is 0. The lowest BCUT2D eigenvalue weighted by Crippen LogP contribution is -2.56. The molecular weight excluding hydrogens is 406 g/mol. The van der Waals surface area contributed by atoms with Gasteiger partial charge in [0.2, 0.25) is 17.7 Å². The molecule has 0 bridgehead atoms. The van der Waals surface area contributed by atoms with E-state index in [0.717, 1.165) is 0 Å². The molecule has 1 fully saturated rings.